The van der Waals surface area contributed by atoms with Crippen molar-refractivity contribution in [2.24, 2.45) is 5.92 Å². The van der Waals surface area contributed by atoms with Gasteiger partial charge < -0.3 is 14.8 Å². The van der Waals surface area contributed by atoms with Crippen LogP contribution in [0.5, 0.6) is 0 Å². The number of rotatable bonds is 7. The van der Waals surface area contributed by atoms with Crippen molar-refractivity contribution in [2.45, 2.75) is 37.5 Å². The van der Waals surface area contributed by atoms with Crippen LogP contribution >= 0.6 is 11.8 Å². The van der Waals surface area contributed by atoms with E-state index >= 15 is 0 Å². The fraction of sp³-hybridized carbons (Fsp3) is 0.538. The highest BCUT2D eigenvalue weighted by molar-refractivity contribution is 8.00. The van der Waals surface area contributed by atoms with E-state index in [1.165, 1.54) is 17.8 Å². The first kappa shape index (κ1) is 15.6. The average molecular weight is 285 g/mol. The van der Waals surface area contributed by atoms with Crippen molar-refractivity contribution < 1.29 is 19.1 Å². The van der Waals surface area contributed by atoms with Crippen LogP contribution in [0.2, 0.25) is 0 Å². The lowest BCUT2D eigenvalue weighted by atomic mass is 10.1. The first-order valence-corrected chi connectivity index (χ1v) is 7.05. The van der Waals surface area contributed by atoms with Gasteiger partial charge in [-0.2, -0.15) is 0 Å². The summed E-state index contributed by atoms with van der Waals surface area (Å²) in [4.78, 5) is 22.4. The number of carbonyl (C=O) groups is 2. The fourth-order valence-electron chi connectivity index (χ4n) is 1.35. The van der Waals surface area contributed by atoms with Crippen LogP contribution in [0, 0.1) is 5.92 Å². The molecule has 1 rings (SSSR count). The van der Waals surface area contributed by atoms with E-state index in [1.807, 2.05) is 0 Å². The quantitative estimate of drug-likeness (QED) is 0.753. The maximum Gasteiger partial charge on any atom is 0.371 e. The lowest BCUT2D eigenvalue weighted by molar-refractivity contribution is -0.120. The largest absolute Gasteiger partial charge is 0.475 e. The Labute approximate surface area is 116 Å². The molecule has 2 N–H and O–H groups in total. The molecule has 6 heteroatoms. The van der Waals surface area contributed by atoms with Gasteiger partial charge in [0.2, 0.25) is 11.7 Å². The Morgan fingerprint density at radius 1 is 1.37 bits per heavy atom. The molecule has 0 spiro atoms. The molecule has 0 aliphatic heterocycles. The summed E-state index contributed by atoms with van der Waals surface area (Å²) in [5.41, 5.74) is 0. The van der Waals surface area contributed by atoms with Crippen LogP contribution in [-0.4, -0.2) is 28.8 Å². The summed E-state index contributed by atoms with van der Waals surface area (Å²) in [5.74, 6) is -0.749. The molecular formula is C13H19NO4S. The topological polar surface area (TPSA) is 79.5 Å². The van der Waals surface area contributed by atoms with Gasteiger partial charge in [0, 0.05) is 6.54 Å². The molecule has 19 heavy (non-hydrogen) atoms. The number of amides is 1. The second-order valence-corrected chi connectivity index (χ2v) is 6.00. The molecule has 0 saturated carbocycles. The van der Waals surface area contributed by atoms with Crippen LogP contribution < -0.4 is 5.32 Å². The molecule has 1 unspecified atom stereocenters. The summed E-state index contributed by atoms with van der Waals surface area (Å²) < 4.78 is 5.09. The highest BCUT2D eigenvalue weighted by Gasteiger charge is 2.17. The number of hydrogen-bond acceptors (Lipinski definition) is 4. The van der Waals surface area contributed by atoms with E-state index in [1.54, 1.807) is 13.0 Å². The molecule has 0 aromatic carbocycles. The van der Waals surface area contributed by atoms with Crippen molar-refractivity contribution in [3.63, 3.8) is 0 Å². The zero-order valence-corrected chi connectivity index (χ0v) is 12.1. The Balaban J connectivity index is 2.42. The van der Waals surface area contributed by atoms with Crippen molar-refractivity contribution in [3.05, 3.63) is 17.9 Å². The molecule has 1 aromatic heterocycles. The predicted molar refractivity (Wildman–Crippen MR) is 73.5 cm³/mol. The van der Waals surface area contributed by atoms with Crippen LogP contribution in [-0.2, 0) is 4.79 Å². The molecule has 1 amide bonds. The number of thioether (sulfide) groups is 1. The summed E-state index contributed by atoms with van der Waals surface area (Å²) >= 11 is 1.21. The van der Waals surface area contributed by atoms with Gasteiger partial charge in [-0.15, -0.1) is 0 Å². The predicted octanol–water partition coefficient (Wildman–Crippen LogP) is 2.62. The normalized spacial score (nSPS) is 12.4. The zero-order chi connectivity index (χ0) is 14.4. The smallest absolute Gasteiger partial charge is 0.371 e. The molecule has 0 saturated heterocycles. The van der Waals surface area contributed by atoms with Crippen LogP contribution in [0.15, 0.2) is 21.6 Å². The molecule has 0 fully saturated rings. The molecule has 1 aromatic rings. The fourth-order valence-corrected chi connectivity index (χ4v) is 2.18. The van der Waals surface area contributed by atoms with Gasteiger partial charge in [0.1, 0.15) is 0 Å². The minimum Gasteiger partial charge on any atom is -0.475 e. The SMILES string of the molecule is CC(C)CCNC(=O)C(C)Sc1ccc(C(=O)O)o1. The Morgan fingerprint density at radius 2 is 2.05 bits per heavy atom. The van der Waals surface area contributed by atoms with Gasteiger partial charge in [-0.05, 0) is 31.4 Å². The second kappa shape index (κ2) is 7.23. The van der Waals surface area contributed by atoms with E-state index in [0.717, 1.165) is 6.42 Å². The van der Waals surface area contributed by atoms with Crippen LogP contribution in [0.3, 0.4) is 0 Å². The van der Waals surface area contributed by atoms with E-state index in [-0.39, 0.29) is 16.9 Å². The molecule has 0 radical (unpaired) electrons. The highest BCUT2D eigenvalue weighted by Crippen LogP contribution is 2.25. The van der Waals surface area contributed by atoms with E-state index in [4.69, 9.17) is 9.52 Å². The van der Waals surface area contributed by atoms with Crippen LogP contribution in [0.4, 0.5) is 0 Å². The number of carbonyl (C=O) groups excluding carboxylic acids is 1. The first-order valence-electron chi connectivity index (χ1n) is 6.17. The number of hydrogen-bond donors (Lipinski definition) is 2. The minimum absolute atomic E-state index is 0.0704. The maximum atomic E-state index is 11.8. The molecule has 0 aliphatic carbocycles. The van der Waals surface area contributed by atoms with Gasteiger partial charge in [-0.25, -0.2) is 4.79 Å². The third kappa shape index (κ3) is 5.38. The van der Waals surface area contributed by atoms with Gasteiger partial charge >= 0.3 is 5.97 Å². The average Bonchev–Trinajstić information content (AvgIpc) is 2.76. The number of furan rings is 1. The first-order chi connectivity index (χ1) is 8.90. The van der Waals surface area contributed by atoms with Gasteiger partial charge in [-0.3, -0.25) is 4.79 Å². The van der Waals surface area contributed by atoms with Gasteiger partial charge in [-0.1, -0.05) is 25.6 Å². The van der Waals surface area contributed by atoms with Crippen molar-refractivity contribution >= 4 is 23.6 Å². The third-order valence-electron chi connectivity index (χ3n) is 2.48. The van der Waals surface area contributed by atoms with Crippen LogP contribution in [0.25, 0.3) is 0 Å². The van der Waals surface area contributed by atoms with Crippen molar-refractivity contribution in [1.82, 2.24) is 5.32 Å². The van der Waals surface area contributed by atoms with E-state index < -0.39 is 5.97 Å². The summed E-state index contributed by atoms with van der Waals surface area (Å²) in [6.07, 6.45) is 0.938. The Kier molecular flexibility index (Phi) is 5.95. The number of aromatic carboxylic acids is 1. The molecule has 0 bridgehead atoms. The summed E-state index contributed by atoms with van der Waals surface area (Å²) in [7, 11) is 0. The second-order valence-electron chi connectivity index (χ2n) is 4.66. The summed E-state index contributed by atoms with van der Waals surface area (Å²) in [5, 5.41) is 11.7. The lowest BCUT2D eigenvalue weighted by Crippen LogP contribution is -2.32. The van der Waals surface area contributed by atoms with Gasteiger partial charge in [0.05, 0.1) is 5.25 Å². The number of nitrogens with one attached hydrogen (secondary N) is 1. The molecule has 0 aliphatic rings. The highest BCUT2D eigenvalue weighted by atomic mass is 32.2. The number of carboxylic acids is 1. The zero-order valence-electron chi connectivity index (χ0n) is 11.3. The van der Waals surface area contributed by atoms with Gasteiger partial charge in [0.15, 0.2) is 5.09 Å². The molecule has 5 nitrogen and oxygen atoms in total. The van der Waals surface area contributed by atoms with Gasteiger partial charge in [0.25, 0.3) is 0 Å². The third-order valence-corrected chi connectivity index (χ3v) is 3.49. The number of carboxylic acid groups (broad SMARTS) is 1. The standard InChI is InChI=1S/C13H19NO4S/c1-8(2)6-7-14-12(15)9(3)19-11-5-4-10(18-11)13(16)17/h4-5,8-9H,6-7H2,1-3H3,(H,14,15)(H,16,17). The molecular weight excluding hydrogens is 266 g/mol. The van der Waals surface area contributed by atoms with E-state index in [0.29, 0.717) is 17.6 Å². The Bertz CT molecular complexity index is 442. The summed E-state index contributed by atoms with van der Waals surface area (Å²) in [6.45, 7) is 6.61. The Hall–Kier alpha value is -1.43. The summed E-state index contributed by atoms with van der Waals surface area (Å²) in [6, 6.07) is 2.94. The molecule has 106 valence electrons. The lowest BCUT2D eigenvalue weighted by Gasteiger charge is -2.11. The Morgan fingerprint density at radius 3 is 2.58 bits per heavy atom. The van der Waals surface area contributed by atoms with E-state index in [9.17, 15) is 9.59 Å². The van der Waals surface area contributed by atoms with Crippen molar-refractivity contribution in [1.29, 1.82) is 0 Å². The minimum atomic E-state index is -1.11. The van der Waals surface area contributed by atoms with Crippen molar-refractivity contribution in [2.75, 3.05) is 6.54 Å². The van der Waals surface area contributed by atoms with E-state index in [2.05, 4.69) is 19.2 Å². The van der Waals surface area contributed by atoms with Crippen molar-refractivity contribution in [3.8, 4) is 0 Å². The molecule has 1 heterocycles. The van der Waals surface area contributed by atoms with Crippen LogP contribution in [0.1, 0.15) is 37.7 Å². The monoisotopic (exact) mass is 285 g/mol. The molecule has 1 atom stereocenters. The maximum absolute atomic E-state index is 11.8.